The minimum Gasteiger partial charge on any atom is -0.263 e. The molecule has 7 nitrogen and oxygen atoms in total. The van der Waals surface area contributed by atoms with Crippen LogP contribution in [-0.2, 0) is 0 Å². The summed E-state index contributed by atoms with van der Waals surface area (Å²) in [7, 11) is 0. The number of benzene rings is 2. The molecule has 0 radical (unpaired) electrons. The summed E-state index contributed by atoms with van der Waals surface area (Å²) in [6.45, 7) is 0. The van der Waals surface area contributed by atoms with Crippen LogP contribution in [0.1, 0.15) is 0 Å². The van der Waals surface area contributed by atoms with Crippen molar-refractivity contribution in [2.75, 3.05) is 0 Å². The third-order valence-electron chi connectivity index (χ3n) is 4.32. The van der Waals surface area contributed by atoms with Gasteiger partial charge in [0, 0.05) is 34.6 Å². The van der Waals surface area contributed by atoms with Crippen LogP contribution in [0.3, 0.4) is 0 Å². The van der Waals surface area contributed by atoms with Gasteiger partial charge in [-0.05, 0) is 6.07 Å². The average molecular weight is 365 g/mol. The third kappa shape index (κ3) is 3.05. The Labute approximate surface area is 160 Å². The van der Waals surface area contributed by atoms with E-state index in [-0.39, 0.29) is 0 Å². The number of nitrogens with one attached hydrogen (secondary N) is 2. The van der Waals surface area contributed by atoms with Crippen LogP contribution in [0.4, 0.5) is 0 Å². The highest BCUT2D eigenvalue weighted by atomic mass is 15.2. The number of hydrogen-bond donors (Lipinski definition) is 2. The second-order valence-corrected chi connectivity index (χ2v) is 6.21. The first-order valence-corrected chi connectivity index (χ1v) is 8.78. The van der Waals surface area contributed by atoms with E-state index < -0.39 is 0 Å². The normalized spacial score (nSPS) is 10.9. The Bertz CT molecular complexity index is 1120. The molecule has 0 saturated carbocycles. The Kier molecular flexibility index (Phi) is 3.95. The van der Waals surface area contributed by atoms with Crippen LogP contribution in [0, 0.1) is 0 Å². The molecular weight excluding hydrogens is 350 g/mol. The molecule has 0 aliphatic rings. The van der Waals surface area contributed by atoms with Crippen molar-refractivity contribution in [2.45, 2.75) is 0 Å². The fourth-order valence-electron chi connectivity index (χ4n) is 2.91. The van der Waals surface area contributed by atoms with E-state index in [1.54, 1.807) is 12.4 Å². The smallest absolute Gasteiger partial charge is 0.181 e. The maximum absolute atomic E-state index is 4.59. The molecule has 0 unspecified atom stereocenters. The molecule has 0 saturated heterocycles. The minimum atomic E-state index is 0.645. The second kappa shape index (κ2) is 6.88. The highest BCUT2D eigenvalue weighted by molar-refractivity contribution is 5.67. The quantitative estimate of drug-likeness (QED) is 0.502. The number of nitrogens with zero attached hydrogens (tertiary/aromatic N) is 5. The highest BCUT2D eigenvalue weighted by Gasteiger charge is 2.12. The van der Waals surface area contributed by atoms with Gasteiger partial charge in [-0.25, -0.2) is 9.97 Å². The monoisotopic (exact) mass is 365 g/mol. The van der Waals surface area contributed by atoms with Gasteiger partial charge >= 0.3 is 0 Å². The molecule has 0 atom stereocenters. The van der Waals surface area contributed by atoms with Gasteiger partial charge in [-0.1, -0.05) is 60.7 Å². The first-order chi connectivity index (χ1) is 13.9. The molecule has 0 amide bonds. The van der Waals surface area contributed by atoms with Crippen molar-refractivity contribution in [3.05, 3.63) is 79.1 Å². The van der Waals surface area contributed by atoms with E-state index in [0.29, 0.717) is 23.3 Å². The summed E-state index contributed by atoms with van der Waals surface area (Å²) in [5.41, 5.74) is 3.56. The van der Waals surface area contributed by atoms with Crippen molar-refractivity contribution >= 4 is 0 Å². The van der Waals surface area contributed by atoms with Gasteiger partial charge in [0.15, 0.2) is 23.3 Å². The summed E-state index contributed by atoms with van der Waals surface area (Å²) in [5, 5.41) is 14.6. The second-order valence-electron chi connectivity index (χ2n) is 6.21. The van der Waals surface area contributed by atoms with E-state index >= 15 is 0 Å². The van der Waals surface area contributed by atoms with E-state index in [9.17, 15) is 0 Å². The molecule has 0 aliphatic heterocycles. The molecule has 5 aromatic rings. The first kappa shape index (κ1) is 16.1. The maximum Gasteiger partial charge on any atom is 0.181 e. The standard InChI is InChI=1S/C21H15N7/c1-3-7-14(8-4-1)18-23-20(27-25-18)16-11-17(13-22-12-16)21-24-19(26-28-21)15-9-5-2-6-10-15/h1-13H,(H,23,25,27)(H,24,26,28). The summed E-state index contributed by atoms with van der Waals surface area (Å²) >= 11 is 0. The van der Waals surface area contributed by atoms with E-state index in [1.165, 1.54) is 0 Å². The fraction of sp³-hybridized carbons (Fsp3) is 0. The van der Waals surface area contributed by atoms with E-state index in [4.69, 9.17) is 0 Å². The summed E-state index contributed by atoms with van der Waals surface area (Å²) in [5.74, 6) is 2.59. The van der Waals surface area contributed by atoms with E-state index in [0.717, 1.165) is 22.3 Å². The van der Waals surface area contributed by atoms with Crippen LogP contribution < -0.4 is 0 Å². The zero-order valence-electron chi connectivity index (χ0n) is 14.7. The van der Waals surface area contributed by atoms with Crippen LogP contribution in [0.25, 0.3) is 45.6 Å². The third-order valence-corrected chi connectivity index (χ3v) is 4.32. The van der Waals surface area contributed by atoms with E-state index in [1.807, 2.05) is 66.7 Å². The summed E-state index contributed by atoms with van der Waals surface area (Å²) in [4.78, 5) is 13.5. The maximum atomic E-state index is 4.59. The van der Waals surface area contributed by atoms with Gasteiger partial charge in [-0.15, -0.1) is 0 Å². The number of H-pyrrole nitrogens is 2. The van der Waals surface area contributed by atoms with Crippen LogP contribution in [0.2, 0.25) is 0 Å². The number of hydrogen-bond acceptors (Lipinski definition) is 5. The average Bonchev–Trinajstić information content (AvgIpc) is 3.46. The molecule has 0 aliphatic carbocycles. The van der Waals surface area contributed by atoms with Crippen molar-refractivity contribution in [1.82, 2.24) is 35.3 Å². The largest absolute Gasteiger partial charge is 0.263 e. The molecule has 5 rings (SSSR count). The zero-order chi connectivity index (χ0) is 18.8. The molecule has 7 heteroatoms. The van der Waals surface area contributed by atoms with Gasteiger partial charge in [0.25, 0.3) is 0 Å². The van der Waals surface area contributed by atoms with Gasteiger partial charge in [0.05, 0.1) is 0 Å². The molecule has 134 valence electrons. The fourth-order valence-corrected chi connectivity index (χ4v) is 2.91. The number of rotatable bonds is 4. The molecule has 3 heterocycles. The predicted molar refractivity (Wildman–Crippen MR) is 106 cm³/mol. The lowest BCUT2D eigenvalue weighted by atomic mass is 10.2. The number of pyridine rings is 1. The first-order valence-electron chi connectivity index (χ1n) is 8.78. The van der Waals surface area contributed by atoms with Crippen LogP contribution in [0.15, 0.2) is 79.1 Å². The molecule has 28 heavy (non-hydrogen) atoms. The predicted octanol–water partition coefficient (Wildman–Crippen LogP) is 3.99. The summed E-state index contributed by atoms with van der Waals surface area (Å²) in [6.07, 6.45) is 3.49. The topological polar surface area (TPSA) is 96.0 Å². The Hall–Kier alpha value is -4.13. The molecule has 0 fully saturated rings. The van der Waals surface area contributed by atoms with E-state index in [2.05, 4.69) is 35.3 Å². The Morgan fingerprint density at radius 2 is 1.00 bits per heavy atom. The molecular formula is C21H15N7. The lowest BCUT2D eigenvalue weighted by Gasteiger charge is -1.99. The lowest BCUT2D eigenvalue weighted by Crippen LogP contribution is -1.87. The Morgan fingerprint density at radius 3 is 1.46 bits per heavy atom. The van der Waals surface area contributed by atoms with Crippen LogP contribution in [-0.4, -0.2) is 35.3 Å². The number of aromatic nitrogens is 7. The summed E-state index contributed by atoms with van der Waals surface area (Å²) < 4.78 is 0. The molecule has 2 N–H and O–H groups in total. The van der Waals surface area contributed by atoms with Crippen molar-refractivity contribution in [2.24, 2.45) is 0 Å². The van der Waals surface area contributed by atoms with Crippen molar-refractivity contribution in [3.63, 3.8) is 0 Å². The summed E-state index contributed by atoms with van der Waals surface area (Å²) in [6, 6.07) is 21.6. The zero-order valence-corrected chi connectivity index (χ0v) is 14.7. The van der Waals surface area contributed by atoms with Gasteiger partial charge < -0.3 is 0 Å². The van der Waals surface area contributed by atoms with Gasteiger partial charge in [0.1, 0.15) is 0 Å². The van der Waals surface area contributed by atoms with Crippen molar-refractivity contribution in [1.29, 1.82) is 0 Å². The lowest BCUT2D eigenvalue weighted by molar-refractivity contribution is 1.09. The minimum absolute atomic E-state index is 0.645. The molecule has 2 aromatic carbocycles. The molecule has 0 spiro atoms. The van der Waals surface area contributed by atoms with Crippen LogP contribution in [0.5, 0.6) is 0 Å². The number of aromatic amines is 2. The SMILES string of the molecule is c1ccc(-c2n[nH]c(-c3cncc(-c4nc(-c5ccccc5)n[nH]4)c3)n2)cc1. The Morgan fingerprint density at radius 1 is 0.536 bits per heavy atom. The van der Waals surface area contributed by atoms with Gasteiger partial charge in [-0.3, -0.25) is 15.2 Å². The van der Waals surface area contributed by atoms with Gasteiger partial charge in [0.2, 0.25) is 0 Å². The molecule has 0 bridgehead atoms. The van der Waals surface area contributed by atoms with Crippen molar-refractivity contribution in [3.8, 4) is 45.6 Å². The Balaban J connectivity index is 1.46. The van der Waals surface area contributed by atoms with Crippen LogP contribution >= 0.6 is 0 Å². The van der Waals surface area contributed by atoms with Gasteiger partial charge in [-0.2, -0.15) is 10.2 Å². The highest BCUT2D eigenvalue weighted by Crippen LogP contribution is 2.24. The molecule has 3 aromatic heterocycles. The van der Waals surface area contributed by atoms with Crippen molar-refractivity contribution < 1.29 is 0 Å².